The lowest BCUT2D eigenvalue weighted by molar-refractivity contribution is -0.152. The zero-order valence-corrected chi connectivity index (χ0v) is 15.5. The van der Waals surface area contributed by atoms with Crippen molar-refractivity contribution in [2.24, 2.45) is 0 Å². The van der Waals surface area contributed by atoms with Gasteiger partial charge in [-0.2, -0.15) is 0 Å². The number of ether oxygens (including phenoxy) is 1. The van der Waals surface area contributed by atoms with E-state index in [2.05, 4.69) is 0 Å². The lowest BCUT2D eigenvalue weighted by atomic mass is 10.1. The maximum Gasteiger partial charge on any atom is 0.326 e. The minimum Gasteiger partial charge on any atom is -0.454 e. The van der Waals surface area contributed by atoms with Gasteiger partial charge in [0.2, 0.25) is 0 Å². The van der Waals surface area contributed by atoms with Gasteiger partial charge in [0.05, 0.1) is 11.0 Å². The van der Waals surface area contributed by atoms with Crippen LogP contribution in [0.25, 0.3) is 21.8 Å². The molecule has 0 N–H and O–H groups in total. The molecule has 0 aliphatic heterocycles. The normalized spacial score (nSPS) is 10.9. The number of carbonyl (C=O) groups is 2. The van der Waals surface area contributed by atoms with Crippen LogP contribution in [0.4, 0.5) is 0 Å². The standard InChI is InChI=1S/C21H22N2O4/c1-3-22(4-2)19(24)14-27-20(25)13-23-17-11-7-5-9-15(17)21(26)16-10-6-8-12-18(16)23/h5-12H,3-4,13-14H2,1-2H3. The van der Waals surface area contributed by atoms with Crippen LogP contribution in [-0.2, 0) is 20.9 Å². The maximum atomic E-state index is 12.7. The molecule has 0 aliphatic carbocycles. The molecule has 0 bridgehead atoms. The van der Waals surface area contributed by atoms with E-state index in [1.54, 1.807) is 45.9 Å². The summed E-state index contributed by atoms with van der Waals surface area (Å²) in [4.78, 5) is 38.7. The number of nitrogens with zero attached hydrogens (tertiary/aromatic N) is 2. The van der Waals surface area contributed by atoms with Crippen molar-refractivity contribution in [3.63, 3.8) is 0 Å². The molecular weight excluding hydrogens is 344 g/mol. The van der Waals surface area contributed by atoms with E-state index in [4.69, 9.17) is 4.74 Å². The number of rotatable bonds is 6. The summed E-state index contributed by atoms with van der Waals surface area (Å²) >= 11 is 0. The van der Waals surface area contributed by atoms with Gasteiger partial charge in [-0.05, 0) is 38.1 Å². The first kappa shape index (κ1) is 18.6. The van der Waals surface area contributed by atoms with Crippen molar-refractivity contribution in [3.05, 3.63) is 58.8 Å². The second-order valence-electron chi connectivity index (χ2n) is 6.18. The molecule has 0 saturated carbocycles. The van der Waals surface area contributed by atoms with Gasteiger partial charge in [-0.15, -0.1) is 0 Å². The number of likely N-dealkylation sites (N-methyl/N-ethyl adjacent to an activating group) is 1. The molecule has 0 spiro atoms. The van der Waals surface area contributed by atoms with Crippen LogP contribution in [0, 0.1) is 0 Å². The summed E-state index contributed by atoms with van der Waals surface area (Å²) in [6.07, 6.45) is 0. The SMILES string of the molecule is CCN(CC)C(=O)COC(=O)Cn1c2ccccc2c(=O)c2ccccc21. The Balaban J connectivity index is 1.92. The van der Waals surface area contributed by atoms with Crippen LogP contribution in [0.5, 0.6) is 0 Å². The number of carbonyl (C=O) groups excluding carboxylic acids is 2. The van der Waals surface area contributed by atoms with Crippen LogP contribution in [0.15, 0.2) is 53.3 Å². The lowest BCUT2D eigenvalue weighted by Crippen LogP contribution is -2.34. The minimum atomic E-state index is -0.519. The van der Waals surface area contributed by atoms with Crippen molar-refractivity contribution in [2.75, 3.05) is 19.7 Å². The summed E-state index contributed by atoms with van der Waals surface area (Å²) in [5.41, 5.74) is 1.25. The quantitative estimate of drug-likeness (QED) is 0.497. The summed E-state index contributed by atoms with van der Waals surface area (Å²) in [6, 6.07) is 14.3. The third-order valence-corrected chi connectivity index (χ3v) is 4.64. The molecule has 0 aliphatic rings. The molecule has 3 rings (SSSR count). The molecular formula is C21H22N2O4. The topological polar surface area (TPSA) is 68.6 Å². The number of hydrogen-bond donors (Lipinski definition) is 0. The molecule has 1 amide bonds. The first-order valence-corrected chi connectivity index (χ1v) is 9.00. The average molecular weight is 366 g/mol. The zero-order valence-electron chi connectivity index (χ0n) is 15.5. The Labute approximate surface area is 157 Å². The first-order valence-electron chi connectivity index (χ1n) is 9.00. The van der Waals surface area contributed by atoms with E-state index in [0.717, 1.165) is 0 Å². The lowest BCUT2D eigenvalue weighted by Gasteiger charge is -2.19. The fraction of sp³-hybridized carbons (Fsp3) is 0.286. The molecule has 0 saturated heterocycles. The van der Waals surface area contributed by atoms with Crippen LogP contribution in [0.2, 0.25) is 0 Å². The highest BCUT2D eigenvalue weighted by atomic mass is 16.5. The molecule has 0 fully saturated rings. The van der Waals surface area contributed by atoms with E-state index >= 15 is 0 Å². The van der Waals surface area contributed by atoms with E-state index in [1.165, 1.54) is 0 Å². The highest BCUT2D eigenvalue weighted by molar-refractivity contribution is 5.94. The molecule has 6 heteroatoms. The summed E-state index contributed by atoms with van der Waals surface area (Å²) in [5.74, 6) is -0.738. The smallest absolute Gasteiger partial charge is 0.326 e. The zero-order chi connectivity index (χ0) is 19.4. The Morgan fingerprint density at radius 2 is 1.44 bits per heavy atom. The van der Waals surface area contributed by atoms with Crippen molar-refractivity contribution in [1.29, 1.82) is 0 Å². The highest BCUT2D eigenvalue weighted by Gasteiger charge is 2.16. The molecule has 27 heavy (non-hydrogen) atoms. The largest absolute Gasteiger partial charge is 0.454 e. The Bertz CT molecular complexity index is 991. The Hall–Kier alpha value is -3.15. The van der Waals surface area contributed by atoms with Crippen molar-refractivity contribution in [2.45, 2.75) is 20.4 Å². The Morgan fingerprint density at radius 1 is 0.926 bits per heavy atom. The summed E-state index contributed by atoms with van der Waals surface area (Å²) in [7, 11) is 0. The van der Waals surface area contributed by atoms with E-state index in [1.807, 2.05) is 26.0 Å². The minimum absolute atomic E-state index is 0.0671. The van der Waals surface area contributed by atoms with Crippen LogP contribution in [0.1, 0.15) is 13.8 Å². The molecule has 1 heterocycles. The van der Waals surface area contributed by atoms with Gasteiger partial charge < -0.3 is 14.2 Å². The number of pyridine rings is 1. The summed E-state index contributed by atoms with van der Waals surface area (Å²) < 4.78 is 6.95. The Morgan fingerprint density at radius 3 is 1.96 bits per heavy atom. The second-order valence-corrected chi connectivity index (χ2v) is 6.18. The maximum absolute atomic E-state index is 12.7. The molecule has 0 unspecified atom stereocenters. The van der Waals surface area contributed by atoms with Gasteiger partial charge in [-0.25, -0.2) is 0 Å². The van der Waals surface area contributed by atoms with E-state index in [9.17, 15) is 14.4 Å². The number of amides is 1. The van der Waals surface area contributed by atoms with Crippen molar-refractivity contribution in [3.8, 4) is 0 Å². The number of hydrogen-bond acceptors (Lipinski definition) is 4. The van der Waals surface area contributed by atoms with Gasteiger partial charge in [0.1, 0.15) is 6.54 Å². The number of aromatic nitrogens is 1. The van der Waals surface area contributed by atoms with Crippen LogP contribution in [-0.4, -0.2) is 41.0 Å². The Kier molecular flexibility index (Phi) is 5.54. The fourth-order valence-electron chi connectivity index (χ4n) is 3.23. The fourth-order valence-corrected chi connectivity index (χ4v) is 3.23. The molecule has 2 aromatic carbocycles. The van der Waals surface area contributed by atoms with Gasteiger partial charge >= 0.3 is 5.97 Å². The molecule has 0 atom stereocenters. The predicted molar refractivity (Wildman–Crippen MR) is 105 cm³/mol. The summed E-state index contributed by atoms with van der Waals surface area (Å²) in [6.45, 7) is 4.54. The van der Waals surface area contributed by atoms with Gasteiger partial charge in [0.15, 0.2) is 12.0 Å². The molecule has 3 aromatic rings. The van der Waals surface area contributed by atoms with E-state index < -0.39 is 5.97 Å². The van der Waals surface area contributed by atoms with Crippen molar-refractivity contribution < 1.29 is 14.3 Å². The number of fused-ring (bicyclic) bond motifs is 2. The molecule has 0 radical (unpaired) electrons. The second kappa shape index (κ2) is 8.03. The third-order valence-electron chi connectivity index (χ3n) is 4.64. The first-order chi connectivity index (χ1) is 13.1. The highest BCUT2D eigenvalue weighted by Crippen LogP contribution is 2.19. The van der Waals surface area contributed by atoms with Gasteiger partial charge in [-0.1, -0.05) is 24.3 Å². The average Bonchev–Trinajstić information content (AvgIpc) is 2.70. The number of esters is 1. The van der Waals surface area contributed by atoms with E-state index in [-0.39, 0.29) is 24.5 Å². The molecule has 140 valence electrons. The van der Waals surface area contributed by atoms with Crippen molar-refractivity contribution >= 4 is 33.7 Å². The third kappa shape index (κ3) is 3.69. The van der Waals surface area contributed by atoms with Gasteiger partial charge in [0, 0.05) is 23.9 Å². The van der Waals surface area contributed by atoms with Crippen molar-refractivity contribution in [1.82, 2.24) is 9.47 Å². The predicted octanol–water partition coefficient (Wildman–Crippen LogP) is 2.57. The monoisotopic (exact) mass is 366 g/mol. The molecule has 1 aromatic heterocycles. The van der Waals surface area contributed by atoms with Crippen LogP contribution < -0.4 is 5.43 Å². The summed E-state index contributed by atoms with van der Waals surface area (Å²) in [5, 5.41) is 1.09. The van der Waals surface area contributed by atoms with Crippen LogP contribution >= 0.6 is 0 Å². The number of para-hydroxylation sites is 2. The number of benzene rings is 2. The molecule has 6 nitrogen and oxygen atoms in total. The van der Waals surface area contributed by atoms with Crippen LogP contribution in [0.3, 0.4) is 0 Å². The van der Waals surface area contributed by atoms with Gasteiger partial charge in [-0.3, -0.25) is 14.4 Å². The van der Waals surface area contributed by atoms with Gasteiger partial charge in [0.25, 0.3) is 5.91 Å². The van der Waals surface area contributed by atoms with E-state index in [0.29, 0.717) is 34.9 Å².